The quantitative estimate of drug-likeness (QED) is 0.0441. The van der Waals surface area contributed by atoms with Crippen LogP contribution in [0.5, 0.6) is 0 Å². The van der Waals surface area contributed by atoms with Crippen molar-refractivity contribution in [3.05, 3.63) is 118 Å². The summed E-state index contributed by atoms with van der Waals surface area (Å²) < 4.78 is 0. The molecule has 0 aromatic heterocycles. The predicted octanol–water partition coefficient (Wildman–Crippen LogP) is 6.59. The number of nitriles is 1. The maximum Gasteiger partial charge on any atom is 0.305 e. The maximum absolute atomic E-state index is 11.4. The summed E-state index contributed by atoms with van der Waals surface area (Å²) in [7, 11) is 0. The Morgan fingerprint density at radius 2 is 1.76 bits per heavy atom. The smallest absolute Gasteiger partial charge is 0.305 e. The number of rotatable bonds is 19. The highest BCUT2D eigenvalue weighted by atomic mass is 16.6. The third-order valence-corrected chi connectivity index (χ3v) is 6.48. The molecule has 0 spiro atoms. The molecule has 9 heteroatoms. The number of aliphatic carboxylic acids is 1. The van der Waals surface area contributed by atoms with Crippen molar-refractivity contribution in [1.82, 2.24) is 10.6 Å². The molecule has 0 heterocycles. The third-order valence-electron chi connectivity index (χ3n) is 6.48. The van der Waals surface area contributed by atoms with Gasteiger partial charge >= 0.3 is 5.97 Å². The fraction of sp³-hybridized carbons (Fsp3) is 0.394. The van der Waals surface area contributed by atoms with Crippen LogP contribution in [0.3, 0.4) is 0 Å². The highest BCUT2D eigenvalue weighted by molar-refractivity contribution is 5.66. The Balaban J connectivity index is 5.81. The molecule has 42 heavy (non-hydrogen) atoms. The first kappa shape index (κ1) is 37.4. The van der Waals surface area contributed by atoms with Crippen molar-refractivity contribution >= 4 is 5.97 Å². The summed E-state index contributed by atoms with van der Waals surface area (Å²) in [5.41, 5.74) is 8.06. The van der Waals surface area contributed by atoms with Crippen molar-refractivity contribution in [2.75, 3.05) is 13.1 Å². The van der Waals surface area contributed by atoms with E-state index < -0.39 is 16.3 Å². The molecule has 0 aliphatic carbocycles. The zero-order valence-electron chi connectivity index (χ0n) is 25.9. The summed E-state index contributed by atoms with van der Waals surface area (Å²) >= 11 is 0. The second kappa shape index (κ2) is 18.7. The van der Waals surface area contributed by atoms with Gasteiger partial charge in [-0.2, -0.15) is 5.26 Å². The van der Waals surface area contributed by atoms with E-state index in [1.807, 2.05) is 46.8 Å². The van der Waals surface area contributed by atoms with Gasteiger partial charge in [0.25, 0.3) is 5.70 Å². The molecule has 228 valence electrons. The topological polar surface area (TPSA) is 154 Å². The molecular weight excluding hydrogens is 530 g/mol. The van der Waals surface area contributed by atoms with Crippen LogP contribution >= 0.6 is 0 Å². The number of nitrogens with zero attached hydrogens (tertiary/aromatic N) is 2. The summed E-state index contributed by atoms with van der Waals surface area (Å²) in [6, 6.07) is 2.21. The Morgan fingerprint density at radius 3 is 2.31 bits per heavy atom. The highest BCUT2D eigenvalue weighted by Crippen LogP contribution is 2.34. The molecule has 0 bridgehead atoms. The monoisotopic (exact) mass is 577 g/mol. The summed E-state index contributed by atoms with van der Waals surface area (Å²) in [6.07, 6.45) is 18.2. The maximum atomic E-state index is 11.4. The van der Waals surface area contributed by atoms with Crippen LogP contribution in [0.2, 0.25) is 0 Å². The van der Waals surface area contributed by atoms with Crippen molar-refractivity contribution in [2.24, 2.45) is 16.6 Å². The van der Waals surface area contributed by atoms with E-state index in [4.69, 9.17) is 10.8 Å². The van der Waals surface area contributed by atoms with Gasteiger partial charge in [0.2, 0.25) is 0 Å². The molecule has 0 radical (unpaired) electrons. The normalized spacial score (nSPS) is 13.9. The lowest BCUT2D eigenvalue weighted by molar-refractivity contribution is -0.419. The van der Waals surface area contributed by atoms with Gasteiger partial charge < -0.3 is 21.5 Å². The first-order valence-corrected chi connectivity index (χ1v) is 13.8. The number of hydrogen-bond acceptors (Lipinski definition) is 7. The Labute approximate surface area is 251 Å². The van der Waals surface area contributed by atoms with Crippen molar-refractivity contribution < 1.29 is 14.8 Å². The summed E-state index contributed by atoms with van der Waals surface area (Å²) in [6.45, 7) is 20.9. The average molecular weight is 578 g/mol. The van der Waals surface area contributed by atoms with Crippen LogP contribution in [0.1, 0.15) is 60.8 Å². The number of nitrogens with one attached hydrogen (secondary N) is 2. The van der Waals surface area contributed by atoms with Gasteiger partial charge in [0, 0.05) is 42.1 Å². The largest absolute Gasteiger partial charge is 0.481 e. The first-order chi connectivity index (χ1) is 19.6. The Bertz CT molecular complexity index is 1240. The molecule has 0 amide bonds. The number of carbonyl (C=O) groups is 1. The number of hydrogen-bond donors (Lipinski definition) is 4. The van der Waals surface area contributed by atoms with Crippen LogP contribution in [0.4, 0.5) is 0 Å². The van der Waals surface area contributed by atoms with Gasteiger partial charge in [0.15, 0.2) is 0 Å². The van der Waals surface area contributed by atoms with Gasteiger partial charge in [0.1, 0.15) is 0 Å². The van der Waals surface area contributed by atoms with E-state index in [9.17, 15) is 20.2 Å². The van der Waals surface area contributed by atoms with Crippen molar-refractivity contribution in [1.29, 1.82) is 5.26 Å². The van der Waals surface area contributed by atoms with Crippen LogP contribution in [0.15, 0.2) is 108 Å². The van der Waals surface area contributed by atoms with Gasteiger partial charge in [-0.05, 0) is 72.9 Å². The van der Waals surface area contributed by atoms with Crippen molar-refractivity contribution in [2.45, 2.75) is 60.8 Å². The zero-order chi connectivity index (χ0) is 32.3. The molecule has 0 aromatic carbocycles. The standard InChI is InChI=1S/C33H47N5O4/c1-9-12-29(38(41)42)23-26(4)33(7,8)30(37-19-10-2)15-14-27(24-34)13-11-18-32(5,6)25(3)22-28(35)16-20-36-21-17-31(39)40/h9,11-16,20,22-23,36-37H,3-4,10,17-19,21,35H2,1-2,5-8H3,(H,39,40)/b12-9-,13-11+,20-16-,27-14-,28-22+,29-23+,30-15+. The fourth-order valence-electron chi connectivity index (χ4n) is 3.39. The lowest BCUT2D eigenvalue weighted by Crippen LogP contribution is -2.28. The highest BCUT2D eigenvalue weighted by Gasteiger charge is 2.27. The van der Waals surface area contributed by atoms with E-state index in [-0.39, 0.29) is 17.5 Å². The molecule has 0 saturated heterocycles. The molecule has 0 unspecified atom stereocenters. The molecule has 0 saturated carbocycles. The fourth-order valence-corrected chi connectivity index (χ4v) is 3.39. The molecule has 0 aliphatic heterocycles. The molecule has 0 aromatic rings. The second-order valence-corrected chi connectivity index (χ2v) is 10.8. The van der Waals surface area contributed by atoms with E-state index in [1.165, 1.54) is 12.2 Å². The predicted molar refractivity (Wildman–Crippen MR) is 171 cm³/mol. The lowest BCUT2D eigenvalue weighted by atomic mass is 9.80. The zero-order valence-corrected chi connectivity index (χ0v) is 25.9. The average Bonchev–Trinajstić information content (AvgIpc) is 2.90. The number of carboxylic acids is 1. The summed E-state index contributed by atoms with van der Waals surface area (Å²) in [5.74, 6) is -0.877. The molecule has 0 atom stereocenters. The molecule has 9 nitrogen and oxygen atoms in total. The first-order valence-electron chi connectivity index (χ1n) is 13.8. The van der Waals surface area contributed by atoms with Crippen molar-refractivity contribution in [3.8, 4) is 6.07 Å². The SMILES string of the molecule is C=C(/C=C(N)\C=C/NCCC(=O)O)C(C)(C)C/C=C/C(C#N)=C/C=C(/NCCC)C(C)(C)C(=C)/C=C(\C=C/C)[N+](=O)[O-]. The van der Waals surface area contributed by atoms with E-state index in [1.54, 1.807) is 43.5 Å². The summed E-state index contributed by atoms with van der Waals surface area (Å²) in [4.78, 5) is 21.5. The van der Waals surface area contributed by atoms with E-state index in [2.05, 4.69) is 29.9 Å². The number of carboxylic acid groups (broad SMARTS) is 1. The van der Waals surface area contributed by atoms with Crippen LogP contribution in [-0.2, 0) is 4.79 Å². The Kier molecular flexibility index (Phi) is 16.7. The van der Waals surface area contributed by atoms with Crippen LogP contribution < -0.4 is 16.4 Å². The molecule has 0 aliphatic rings. The van der Waals surface area contributed by atoms with E-state index >= 15 is 0 Å². The molecule has 0 fully saturated rings. The number of nitrogens with two attached hydrogens (primary N) is 1. The molecule has 0 rings (SSSR count). The van der Waals surface area contributed by atoms with Crippen molar-refractivity contribution in [3.63, 3.8) is 0 Å². The van der Waals surface area contributed by atoms with E-state index in [0.29, 0.717) is 36.4 Å². The Morgan fingerprint density at radius 1 is 1.10 bits per heavy atom. The summed E-state index contributed by atoms with van der Waals surface area (Å²) in [5, 5.41) is 36.1. The minimum Gasteiger partial charge on any atom is -0.481 e. The lowest BCUT2D eigenvalue weighted by Gasteiger charge is -2.30. The number of allylic oxidation sites excluding steroid dienone is 12. The van der Waals surface area contributed by atoms with Gasteiger partial charge in [-0.3, -0.25) is 14.9 Å². The second-order valence-electron chi connectivity index (χ2n) is 10.8. The minimum absolute atomic E-state index is 0.0115. The van der Waals surface area contributed by atoms with Crippen LogP contribution in [-0.4, -0.2) is 29.1 Å². The Hall–Kier alpha value is -4.58. The van der Waals surface area contributed by atoms with Gasteiger partial charge in [-0.25, -0.2) is 0 Å². The van der Waals surface area contributed by atoms with Gasteiger partial charge in [0.05, 0.1) is 23.0 Å². The van der Waals surface area contributed by atoms with Crippen LogP contribution in [0, 0.1) is 32.3 Å². The van der Waals surface area contributed by atoms with E-state index in [0.717, 1.165) is 17.7 Å². The molecular formula is C33H47N5O4. The third kappa shape index (κ3) is 14.2. The van der Waals surface area contributed by atoms with Gasteiger partial charge in [-0.15, -0.1) is 0 Å². The number of nitro groups is 1. The minimum atomic E-state index is -0.877. The van der Waals surface area contributed by atoms with Crippen LogP contribution in [0.25, 0.3) is 0 Å². The van der Waals surface area contributed by atoms with Gasteiger partial charge in [-0.1, -0.05) is 59.9 Å². The molecule has 5 N–H and O–H groups in total.